The van der Waals surface area contributed by atoms with Crippen molar-refractivity contribution < 1.29 is 37.1 Å². The molecule has 14 heteroatoms. The Morgan fingerprint density at radius 2 is 1.73 bits per heavy atom. The minimum atomic E-state index is -4.62. The third-order valence-electron chi connectivity index (χ3n) is 7.44. The molecule has 3 heterocycles. The number of alkyl halides is 4. The van der Waals surface area contributed by atoms with Gasteiger partial charge in [-0.2, -0.15) is 18.3 Å². The molecule has 0 aliphatic heterocycles. The summed E-state index contributed by atoms with van der Waals surface area (Å²) in [6.07, 6.45) is 4.44. The van der Waals surface area contributed by atoms with Crippen molar-refractivity contribution in [3.8, 4) is 0 Å². The second kappa shape index (κ2) is 19.9. The lowest BCUT2D eigenvalue weighted by Gasteiger charge is -2.21. The van der Waals surface area contributed by atoms with Crippen molar-refractivity contribution in [1.82, 2.24) is 30.2 Å². The molecule has 0 fully saturated rings. The largest absolute Gasteiger partial charge is 0.478 e. The van der Waals surface area contributed by atoms with Gasteiger partial charge < -0.3 is 15.7 Å². The maximum atomic E-state index is 13.6. The van der Waals surface area contributed by atoms with Crippen LogP contribution in [0.2, 0.25) is 0 Å². The first kappa shape index (κ1) is 41.4. The summed E-state index contributed by atoms with van der Waals surface area (Å²) in [6, 6.07) is 3.21. The third kappa shape index (κ3) is 11.9. The average Bonchev–Trinajstić information content (AvgIpc) is 3.46. The van der Waals surface area contributed by atoms with Crippen LogP contribution < -0.4 is 10.6 Å². The van der Waals surface area contributed by atoms with Crippen LogP contribution in [0.5, 0.6) is 0 Å². The lowest BCUT2D eigenvalue weighted by molar-refractivity contribution is -0.141. The Morgan fingerprint density at radius 3 is 2.33 bits per heavy atom. The Morgan fingerprint density at radius 1 is 1.06 bits per heavy atom. The standard InChI is InChI=1S/C31H37F3N6O4.C2H6.CH3F/c1-6-7-8-9-23(11-10-18(2)20(4)21(5)30(43)44)38-29(42)25-15-24(39-27-19(3)16-37-40(25)27)28(41)36-17-22-12-13-35-26(14-22)31(32,33)34;2*1-2/h7-8,12-16,18,23H,6,9-11,17H2,1-5H3,(H,36,41)(H,38,42)(H,43,44);1-2H3;1H3/b8-7-,21-20+;;/t18?,23-;;/m1../s1. The van der Waals surface area contributed by atoms with E-state index in [1.807, 2.05) is 39.8 Å². The Bertz CT molecular complexity index is 1580. The van der Waals surface area contributed by atoms with E-state index in [2.05, 4.69) is 25.7 Å². The fourth-order valence-electron chi connectivity index (χ4n) is 4.50. The van der Waals surface area contributed by atoms with Crippen LogP contribution in [0.3, 0.4) is 0 Å². The smallest absolute Gasteiger partial charge is 0.433 e. The van der Waals surface area contributed by atoms with E-state index in [0.29, 0.717) is 37.6 Å². The molecule has 48 heavy (non-hydrogen) atoms. The Hall–Kier alpha value is -4.62. The summed E-state index contributed by atoms with van der Waals surface area (Å²) < 4.78 is 49.9. The number of rotatable bonds is 13. The lowest BCUT2D eigenvalue weighted by Crippen LogP contribution is -2.36. The van der Waals surface area contributed by atoms with Gasteiger partial charge in [0.05, 0.1) is 13.4 Å². The molecule has 264 valence electrons. The first-order valence-electron chi connectivity index (χ1n) is 15.6. The molecule has 1 unspecified atom stereocenters. The van der Waals surface area contributed by atoms with Gasteiger partial charge in [-0.3, -0.25) is 19.0 Å². The molecule has 2 amide bonds. The minimum Gasteiger partial charge on any atom is -0.478 e. The number of hydrogen-bond donors (Lipinski definition) is 3. The zero-order chi connectivity index (χ0) is 36.6. The third-order valence-corrected chi connectivity index (χ3v) is 7.44. The fraction of sp³-hybridized carbons (Fsp3) is 0.471. The van der Waals surface area contributed by atoms with Crippen LogP contribution >= 0.6 is 0 Å². The molecule has 0 aromatic carbocycles. The SMILES string of the molecule is CC.CC/C=C\C[C@H](CCC(C)/C(C)=C(\C)C(=O)O)NC(=O)c1cc(C(=O)NCc2ccnc(C(F)(F)F)c2)nc2c(C)cnn12.CF. The molecule has 0 saturated heterocycles. The predicted molar refractivity (Wildman–Crippen MR) is 176 cm³/mol. The molecule has 10 nitrogen and oxygen atoms in total. The van der Waals surface area contributed by atoms with Crippen LogP contribution in [-0.4, -0.2) is 55.7 Å². The molecule has 0 aliphatic carbocycles. The van der Waals surface area contributed by atoms with Gasteiger partial charge in [-0.05, 0) is 70.1 Å². The van der Waals surface area contributed by atoms with E-state index >= 15 is 0 Å². The molecule has 0 radical (unpaired) electrons. The molecule has 0 saturated carbocycles. The maximum Gasteiger partial charge on any atom is 0.433 e. The van der Waals surface area contributed by atoms with Crippen molar-refractivity contribution in [2.75, 3.05) is 7.18 Å². The Balaban J connectivity index is 0.00000277. The molecular formula is C34H46F4N6O4. The predicted octanol–water partition coefficient (Wildman–Crippen LogP) is 7.29. The number of carbonyl (C=O) groups is 3. The van der Waals surface area contributed by atoms with Crippen molar-refractivity contribution >= 4 is 23.4 Å². The molecule has 0 bridgehead atoms. The second-order valence-corrected chi connectivity index (χ2v) is 10.7. The van der Waals surface area contributed by atoms with E-state index in [1.165, 1.54) is 22.8 Å². The fourth-order valence-corrected chi connectivity index (χ4v) is 4.50. The van der Waals surface area contributed by atoms with E-state index in [0.717, 1.165) is 24.3 Å². The zero-order valence-corrected chi connectivity index (χ0v) is 28.7. The highest BCUT2D eigenvalue weighted by Crippen LogP contribution is 2.27. The average molecular weight is 679 g/mol. The molecule has 3 rings (SSSR count). The van der Waals surface area contributed by atoms with E-state index < -0.39 is 29.7 Å². The highest BCUT2D eigenvalue weighted by molar-refractivity contribution is 5.98. The summed E-state index contributed by atoms with van der Waals surface area (Å²) in [4.78, 5) is 45.8. The van der Waals surface area contributed by atoms with Gasteiger partial charge in [0.25, 0.3) is 11.8 Å². The number of nitrogens with zero attached hydrogens (tertiary/aromatic N) is 4. The number of carboxylic acid groups (broad SMARTS) is 1. The number of aromatic nitrogens is 4. The van der Waals surface area contributed by atoms with Crippen LogP contribution in [0.15, 0.2) is 53.9 Å². The number of hydrogen-bond acceptors (Lipinski definition) is 6. The number of carboxylic acids is 1. The Labute approximate surface area is 278 Å². The number of aliphatic carboxylic acids is 1. The van der Waals surface area contributed by atoms with Crippen molar-refractivity contribution in [2.45, 2.75) is 92.9 Å². The van der Waals surface area contributed by atoms with Crippen LogP contribution in [0.25, 0.3) is 5.65 Å². The Kier molecular flexibility index (Phi) is 17.2. The molecule has 2 atom stereocenters. The molecule has 3 N–H and O–H groups in total. The number of carbonyl (C=O) groups excluding carboxylic acids is 2. The first-order valence-corrected chi connectivity index (χ1v) is 15.6. The van der Waals surface area contributed by atoms with E-state index in [-0.39, 0.29) is 41.1 Å². The topological polar surface area (TPSA) is 139 Å². The number of aryl methyl sites for hydroxylation is 1. The van der Waals surface area contributed by atoms with Gasteiger partial charge in [-0.1, -0.05) is 45.4 Å². The zero-order valence-electron chi connectivity index (χ0n) is 28.7. The number of allylic oxidation sites excluding steroid dienone is 2. The molecule has 3 aromatic heterocycles. The van der Waals surface area contributed by atoms with Gasteiger partial charge in [0, 0.05) is 36.0 Å². The summed E-state index contributed by atoms with van der Waals surface area (Å²) >= 11 is 0. The van der Waals surface area contributed by atoms with E-state index in [9.17, 15) is 37.1 Å². The number of nitrogens with one attached hydrogen (secondary N) is 2. The number of amides is 2. The summed E-state index contributed by atoms with van der Waals surface area (Å²) in [5, 5.41) is 19.2. The summed E-state index contributed by atoms with van der Waals surface area (Å²) in [7, 11) is 0.500. The van der Waals surface area contributed by atoms with Crippen LogP contribution in [-0.2, 0) is 17.5 Å². The van der Waals surface area contributed by atoms with Crippen molar-refractivity contribution in [1.29, 1.82) is 0 Å². The summed E-state index contributed by atoms with van der Waals surface area (Å²) in [6.45, 7) is 12.8. The molecular weight excluding hydrogens is 632 g/mol. The summed E-state index contributed by atoms with van der Waals surface area (Å²) in [5.41, 5.74) is 1.06. The van der Waals surface area contributed by atoms with E-state index in [1.54, 1.807) is 20.8 Å². The molecule has 3 aromatic rings. The monoisotopic (exact) mass is 678 g/mol. The quantitative estimate of drug-likeness (QED) is 0.0981. The molecule has 0 spiro atoms. The van der Waals surface area contributed by atoms with Gasteiger partial charge in [0.1, 0.15) is 17.1 Å². The van der Waals surface area contributed by atoms with Gasteiger partial charge in [-0.15, -0.1) is 0 Å². The van der Waals surface area contributed by atoms with Crippen molar-refractivity contribution in [3.63, 3.8) is 0 Å². The summed E-state index contributed by atoms with van der Waals surface area (Å²) in [5.74, 6) is -2.16. The first-order chi connectivity index (χ1) is 22.7. The van der Waals surface area contributed by atoms with Crippen molar-refractivity contribution in [3.05, 3.63) is 82.1 Å². The highest BCUT2D eigenvalue weighted by Gasteiger charge is 2.32. The van der Waals surface area contributed by atoms with E-state index in [4.69, 9.17) is 0 Å². The van der Waals surface area contributed by atoms with Gasteiger partial charge in [-0.25, -0.2) is 14.3 Å². The lowest BCUT2D eigenvalue weighted by atomic mass is 9.91. The van der Waals surface area contributed by atoms with Crippen LogP contribution in [0.4, 0.5) is 17.6 Å². The second-order valence-electron chi connectivity index (χ2n) is 10.7. The van der Waals surface area contributed by atoms with Gasteiger partial charge in [0.15, 0.2) is 5.65 Å². The van der Waals surface area contributed by atoms with Crippen LogP contribution in [0, 0.1) is 12.8 Å². The minimum absolute atomic E-state index is 0.0232. The van der Waals surface area contributed by atoms with Crippen molar-refractivity contribution in [2.24, 2.45) is 5.92 Å². The van der Waals surface area contributed by atoms with Gasteiger partial charge >= 0.3 is 12.1 Å². The van der Waals surface area contributed by atoms with Crippen LogP contribution in [0.1, 0.15) is 105 Å². The maximum absolute atomic E-state index is 13.6. The normalized spacial score (nSPS) is 13.0. The highest BCUT2D eigenvalue weighted by atomic mass is 19.4. The van der Waals surface area contributed by atoms with Gasteiger partial charge in [0.2, 0.25) is 0 Å². The molecule has 0 aliphatic rings. The number of fused-ring (bicyclic) bond motifs is 1. The number of halogens is 4. The number of pyridine rings is 1.